The van der Waals surface area contributed by atoms with Gasteiger partial charge in [0.05, 0.1) is 18.4 Å². The smallest absolute Gasteiger partial charge is 0.287 e. The molecule has 1 aliphatic carbocycles. The van der Waals surface area contributed by atoms with Crippen LogP contribution in [0.3, 0.4) is 0 Å². The molecule has 1 heterocycles. The molecule has 0 radical (unpaired) electrons. The highest BCUT2D eigenvalue weighted by molar-refractivity contribution is 6.32. The summed E-state index contributed by atoms with van der Waals surface area (Å²) in [6, 6.07) is 0. The van der Waals surface area contributed by atoms with Gasteiger partial charge in [0.15, 0.2) is 0 Å². The second kappa shape index (κ2) is 6.24. The van der Waals surface area contributed by atoms with Crippen molar-refractivity contribution in [1.29, 1.82) is 0 Å². The molecular weight excluding hydrogens is 262 g/mol. The van der Waals surface area contributed by atoms with Crippen molar-refractivity contribution in [2.75, 3.05) is 11.9 Å². The Morgan fingerprint density at radius 2 is 2.42 bits per heavy atom. The second-order valence-corrected chi connectivity index (χ2v) is 5.69. The Labute approximate surface area is 118 Å². The molecule has 1 fully saturated rings. The molecule has 2 atom stereocenters. The van der Waals surface area contributed by atoms with Crippen LogP contribution >= 0.6 is 11.6 Å². The highest BCUT2D eigenvalue weighted by atomic mass is 35.5. The number of anilines is 1. The van der Waals surface area contributed by atoms with E-state index < -0.39 is 0 Å². The summed E-state index contributed by atoms with van der Waals surface area (Å²) in [5.41, 5.74) is 0.359. The Morgan fingerprint density at radius 3 is 3.05 bits per heavy atom. The van der Waals surface area contributed by atoms with Crippen LogP contribution in [0.2, 0.25) is 5.02 Å². The summed E-state index contributed by atoms with van der Waals surface area (Å²) in [6.45, 7) is 7.10. The summed E-state index contributed by atoms with van der Waals surface area (Å²) in [6.07, 6.45) is 7.01. The minimum absolute atomic E-state index is 0.211. The molecule has 4 nitrogen and oxygen atoms in total. The van der Waals surface area contributed by atoms with Crippen molar-refractivity contribution in [3.63, 3.8) is 0 Å². The van der Waals surface area contributed by atoms with Crippen molar-refractivity contribution in [2.24, 2.45) is 11.8 Å². The first kappa shape index (κ1) is 14.1. The quantitative estimate of drug-likeness (QED) is 0.844. The van der Waals surface area contributed by atoms with Crippen molar-refractivity contribution in [3.05, 3.63) is 34.2 Å². The molecule has 0 aromatic carbocycles. The van der Waals surface area contributed by atoms with Crippen LogP contribution in [0.1, 0.15) is 26.2 Å². The molecular formula is C14H20ClN3O. The number of rotatable bonds is 5. The largest absolute Gasteiger partial charge is 0.382 e. The van der Waals surface area contributed by atoms with Crippen molar-refractivity contribution >= 4 is 17.3 Å². The van der Waals surface area contributed by atoms with Gasteiger partial charge in [0.1, 0.15) is 5.02 Å². The van der Waals surface area contributed by atoms with Crippen LogP contribution in [0.4, 0.5) is 5.69 Å². The maximum absolute atomic E-state index is 11.9. The van der Waals surface area contributed by atoms with Gasteiger partial charge in [-0.25, -0.2) is 4.68 Å². The fourth-order valence-corrected chi connectivity index (χ4v) is 2.82. The van der Waals surface area contributed by atoms with E-state index in [1.807, 2.05) is 0 Å². The van der Waals surface area contributed by atoms with E-state index >= 15 is 0 Å². The predicted octanol–water partition coefficient (Wildman–Crippen LogP) is 2.93. The van der Waals surface area contributed by atoms with Crippen LogP contribution in [0.25, 0.3) is 0 Å². The predicted molar refractivity (Wildman–Crippen MR) is 78.7 cm³/mol. The average Bonchev–Trinajstić information content (AvgIpc) is 2.80. The molecule has 1 N–H and O–H groups in total. The number of hydrogen-bond donors (Lipinski definition) is 1. The maximum Gasteiger partial charge on any atom is 0.287 e. The van der Waals surface area contributed by atoms with Crippen LogP contribution in [-0.4, -0.2) is 16.3 Å². The zero-order valence-corrected chi connectivity index (χ0v) is 12.0. The van der Waals surface area contributed by atoms with Crippen molar-refractivity contribution < 1.29 is 0 Å². The first-order chi connectivity index (χ1) is 9.11. The van der Waals surface area contributed by atoms with Gasteiger partial charge in [0.2, 0.25) is 0 Å². The number of allylic oxidation sites excluding steroid dienone is 1. The molecule has 1 aromatic heterocycles. The SMILES string of the molecule is C=CCn1ncc(NCC2CCC(C)C2)c(Cl)c1=O. The first-order valence-corrected chi connectivity index (χ1v) is 7.10. The number of hydrogen-bond acceptors (Lipinski definition) is 3. The molecule has 0 bridgehead atoms. The van der Waals surface area contributed by atoms with Gasteiger partial charge in [0.25, 0.3) is 5.56 Å². The molecule has 2 rings (SSSR count). The summed E-state index contributed by atoms with van der Waals surface area (Å²) in [5.74, 6) is 1.47. The molecule has 5 heteroatoms. The van der Waals surface area contributed by atoms with E-state index in [9.17, 15) is 4.79 Å². The summed E-state index contributed by atoms with van der Waals surface area (Å²) in [7, 11) is 0. The third-order valence-corrected chi connectivity index (χ3v) is 4.04. The fourth-order valence-electron chi connectivity index (χ4n) is 2.61. The lowest BCUT2D eigenvalue weighted by Crippen LogP contribution is -2.24. The molecule has 1 aromatic rings. The number of aromatic nitrogens is 2. The molecule has 0 aliphatic heterocycles. The monoisotopic (exact) mass is 281 g/mol. The molecule has 19 heavy (non-hydrogen) atoms. The van der Waals surface area contributed by atoms with Crippen LogP contribution < -0.4 is 10.9 Å². The summed E-state index contributed by atoms with van der Waals surface area (Å²) < 4.78 is 1.30. The summed E-state index contributed by atoms with van der Waals surface area (Å²) >= 11 is 6.08. The molecule has 104 valence electrons. The number of nitrogens with zero attached hydrogens (tertiary/aromatic N) is 2. The van der Waals surface area contributed by atoms with E-state index in [0.29, 0.717) is 18.2 Å². The third-order valence-electron chi connectivity index (χ3n) is 3.67. The van der Waals surface area contributed by atoms with Gasteiger partial charge in [-0.2, -0.15) is 5.10 Å². The normalized spacial score (nSPS) is 22.4. The second-order valence-electron chi connectivity index (χ2n) is 5.31. The average molecular weight is 282 g/mol. The van der Waals surface area contributed by atoms with E-state index in [2.05, 4.69) is 23.9 Å². The van der Waals surface area contributed by atoms with Gasteiger partial charge in [-0.1, -0.05) is 31.0 Å². The van der Waals surface area contributed by atoms with Crippen LogP contribution in [0.15, 0.2) is 23.6 Å². The van der Waals surface area contributed by atoms with Gasteiger partial charge in [-0.05, 0) is 24.7 Å². The minimum Gasteiger partial charge on any atom is -0.382 e. The number of halogens is 1. The van der Waals surface area contributed by atoms with E-state index in [1.165, 1.54) is 23.9 Å². The van der Waals surface area contributed by atoms with Gasteiger partial charge in [-0.3, -0.25) is 4.79 Å². The molecule has 0 saturated heterocycles. The maximum atomic E-state index is 11.9. The van der Waals surface area contributed by atoms with E-state index in [1.54, 1.807) is 12.3 Å². The zero-order chi connectivity index (χ0) is 13.8. The highest BCUT2D eigenvalue weighted by Gasteiger charge is 2.21. The molecule has 0 spiro atoms. The lowest BCUT2D eigenvalue weighted by atomic mass is 10.1. The first-order valence-electron chi connectivity index (χ1n) is 6.72. The zero-order valence-electron chi connectivity index (χ0n) is 11.2. The summed E-state index contributed by atoms with van der Waals surface area (Å²) in [5, 5.41) is 7.54. The van der Waals surface area contributed by atoms with Crippen molar-refractivity contribution in [1.82, 2.24) is 9.78 Å². The Hall–Kier alpha value is -1.29. The van der Waals surface area contributed by atoms with Gasteiger partial charge in [0, 0.05) is 6.54 Å². The van der Waals surface area contributed by atoms with Crippen LogP contribution in [0, 0.1) is 11.8 Å². The lowest BCUT2D eigenvalue weighted by molar-refractivity contribution is 0.536. The molecule has 0 amide bonds. The van der Waals surface area contributed by atoms with Crippen molar-refractivity contribution in [2.45, 2.75) is 32.7 Å². The lowest BCUT2D eigenvalue weighted by Gasteiger charge is -2.13. The van der Waals surface area contributed by atoms with Crippen LogP contribution in [0.5, 0.6) is 0 Å². The van der Waals surface area contributed by atoms with Gasteiger partial charge < -0.3 is 5.32 Å². The minimum atomic E-state index is -0.272. The Kier molecular flexibility index (Phi) is 4.64. The topological polar surface area (TPSA) is 46.9 Å². The van der Waals surface area contributed by atoms with Gasteiger partial charge >= 0.3 is 0 Å². The number of nitrogens with one attached hydrogen (secondary N) is 1. The Bertz CT molecular complexity index is 512. The standard InChI is InChI=1S/C14H20ClN3O/c1-3-6-18-14(19)13(15)12(9-17-18)16-8-11-5-4-10(2)7-11/h3,9-11,16H,1,4-8H2,2H3. The molecule has 1 aliphatic rings. The van der Waals surface area contributed by atoms with Crippen LogP contribution in [-0.2, 0) is 6.54 Å². The molecule has 1 saturated carbocycles. The highest BCUT2D eigenvalue weighted by Crippen LogP contribution is 2.30. The Morgan fingerprint density at radius 1 is 1.63 bits per heavy atom. The third kappa shape index (κ3) is 3.38. The summed E-state index contributed by atoms with van der Waals surface area (Å²) in [4.78, 5) is 11.9. The van der Waals surface area contributed by atoms with Crippen molar-refractivity contribution in [3.8, 4) is 0 Å². The fraction of sp³-hybridized carbons (Fsp3) is 0.571. The van der Waals surface area contributed by atoms with E-state index in [0.717, 1.165) is 12.5 Å². The van der Waals surface area contributed by atoms with E-state index in [4.69, 9.17) is 11.6 Å². The Balaban J connectivity index is 2.03. The van der Waals surface area contributed by atoms with E-state index in [-0.39, 0.29) is 10.6 Å². The van der Waals surface area contributed by atoms with Gasteiger partial charge in [-0.15, -0.1) is 6.58 Å². The molecule has 2 unspecified atom stereocenters.